The van der Waals surface area contributed by atoms with Gasteiger partial charge in [0.05, 0.1) is 17.5 Å². The monoisotopic (exact) mass is 374 g/mol. The number of hydrogen-bond acceptors (Lipinski definition) is 4. The molecule has 0 amide bonds. The second-order valence-electron chi connectivity index (χ2n) is 6.19. The average molecular weight is 374 g/mol. The Balaban J connectivity index is 2.00. The number of benzene rings is 1. The van der Waals surface area contributed by atoms with Crippen molar-refractivity contribution in [2.45, 2.75) is 31.2 Å². The summed E-state index contributed by atoms with van der Waals surface area (Å²) in [6, 6.07) is 10.0. The topological polar surface area (TPSA) is 79.5 Å². The number of esters is 1. The lowest BCUT2D eigenvalue weighted by atomic mass is 10.0. The molecule has 1 aromatic heterocycles. The molecule has 0 radical (unpaired) electrons. The number of carbonyl (C=O) groups is 1. The molecule has 0 bridgehead atoms. The Morgan fingerprint density at radius 1 is 1.27 bits per heavy atom. The Kier molecular flexibility index (Phi) is 5.29. The standard InChI is InChI=1S/C19H22N2O4S/c1-3-25-19(22)15-8-11-18(17-5-4-12-20-17)21(13-15)26(23,24)16-9-6-14(2)7-10-16/h4-10,12,18,20H,3,11,13H2,1-2H3. The van der Waals surface area contributed by atoms with Crippen LogP contribution in [0.15, 0.2) is 59.1 Å². The summed E-state index contributed by atoms with van der Waals surface area (Å²) in [5.41, 5.74) is 2.14. The predicted octanol–water partition coefficient (Wildman–Crippen LogP) is 2.95. The van der Waals surface area contributed by atoms with E-state index in [1.807, 2.05) is 19.1 Å². The van der Waals surface area contributed by atoms with Crippen molar-refractivity contribution in [3.63, 3.8) is 0 Å². The summed E-state index contributed by atoms with van der Waals surface area (Å²) in [6.45, 7) is 3.87. The third-order valence-electron chi connectivity index (χ3n) is 4.41. The minimum atomic E-state index is -3.77. The summed E-state index contributed by atoms with van der Waals surface area (Å²) in [6.07, 6.45) is 3.93. The van der Waals surface area contributed by atoms with Crippen molar-refractivity contribution in [3.05, 3.63) is 65.5 Å². The molecule has 2 aromatic rings. The summed E-state index contributed by atoms with van der Waals surface area (Å²) < 4.78 is 32.9. The molecule has 1 aromatic carbocycles. The minimum absolute atomic E-state index is 0.0151. The van der Waals surface area contributed by atoms with Gasteiger partial charge in [-0.1, -0.05) is 23.8 Å². The molecule has 0 saturated heterocycles. The number of nitrogens with zero attached hydrogens (tertiary/aromatic N) is 1. The van der Waals surface area contributed by atoms with Crippen molar-refractivity contribution < 1.29 is 17.9 Å². The van der Waals surface area contributed by atoms with Crippen LogP contribution in [0.25, 0.3) is 0 Å². The fourth-order valence-corrected chi connectivity index (χ4v) is 4.61. The first-order chi connectivity index (χ1) is 12.4. The summed E-state index contributed by atoms with van der Waals surface area (Å²) >= 11 is 0. The Morgan fingerprint density at radius 3 is 2.62 bits per heavy atom. The van der Waals surface area contributed by atoms with Gasteiger partial charge in [-0.2, -0.15) is 4.31 Å². The van der Waals surface area contributed by atoms with Gasteiger partial charge < -0.3 is 9.72 Å². The van der Waals surface area contributed by atoms with Crippen molar-refractivity contribution in [1.29, 1.82) is 0 Å². The van der Waals surface area contributed by atoms with Crippen LogP contribution in [0.2, 0.25) is 0 Å². The average Bonchev–Trinajstić information content (AvgIpc) is 3.16. The van der Waals surface area contributed by atoms with E-state index in [0.717, 1.165) is 11.3 Å². The van der Waals surface area contributed by atoms with E-state index in [0.29, 0.717) is 12.0 Å². The van der Waals surface area contributed by atoms with Gasteiger partial charge in [-0.3, -0.25) is 0 Å². The molecule has 0 spiro atoms. The van der Waals surface area contributed by atoms with Crippen molar-refractivity contribution in [2.75, 3.05) is 13.2 Å². The van der Waals surface area contributed by atoms with Crippen LogP contribution in [0.5, 0.6) is 0 Å². The van der Waals surface area contributed by atoms with Gasteiger partial charge in [0.15, 0.2) is 0 Å². The predicted molar refractivity (Wildman–Crippen MR) is 97.9 cm³/mol. The van der Waals surface area contributed by atoms with Gasteiger partial charge in [-0.05, 0) is 44.5 Å². The van der Waals surface area contributed by atoms with Crippen LogP contribution in [0.3, 0.4) is 0 Å². The van der Waals surface area contributed by atoms with Crippen LogP contribution >= 0.6 is 0 Å². The normalized spacial score (nSPS) is 18.4. The Bertz CT molecular complexity index is 900. The van der Waals surface area contributed by atoms with Crippen LogP contribution in [0.4, 0.5) is 0 Å². The molecule has 1 aliphatic heterocycles. The van der Waals surface area contributed by atoms with E-state index in [9.17, 15) is 13.2 Å². The van der Waals surface area contributed by atoms with Crippen molar-refractivity contribution >= 4 is 16.0 Å². The Morgan fingerprint density at radius 2 is 2.00 bits per heavy atom. The van der Waals surface area contributed by atoms with Crippen LogP contribution in [-0.2, 0) is 19.6 Å². The quantitative estimate of drug-likeness (QED) is 0.816. The molecule has 1 unspecified atom stereocenters. The van der Waals surface area contributed by atoms with Gasteiger partial charge in [0.25, 0.3) is 0 Å². The van der Waals surface area contributed by atoms with E-state index in [1.54, 1.807) is 43.5 Å². The first kappa shape index (κ1) is 18.4. The lowest BCUT2D eigenvalue weighted by Crippen LogP contribution is -2.40. The number of carbonyl (C=O) groups excluding carboxylic acids is 1. The number of rotatable bonds is 5. The molecule has 7 heteroatoms. The molecule has 0 saturated carbocycles. The van der Waals surface area contributed by atoms with Crippen LogP contribution in [-0.4, -0.2) is 36.8 Å². The fraction of sp³-hybridized carbons (Fsp3) is 0.316. The number of nitrogens with one attached hydrogen (secondary N) is 1. The highest BCUT2D eigenvalue weighted by Gasteiger charge is 2.37. The molecule has 1 atom stereocenters. The Hall–Kier alpha value is -2.38. The number of aryl methyl sites for hydroxylation is 1. The molecule has 0 fully saturated rings. The molecule has 0 aliphatic carbocycles. The first-order valence-electron chi connectivity index (χ1n) is 8.51. The van der Waals surface area contributed by atoms with Crippen LogP contribution in [0.1, 0.15) is 30.6 Å². The number of aromatic nitrogens is 1. The zero-order valence-electron chi connectivity index (χ0n) is 14.8. The van der Waals surface area contributed by atoms with E-state index in [-0.39, 0.29) is 18.0 Å². The summed E-state index contributed by atoms with van der Waals surface area (Å²) in [5.74, 6) is -0.471. The van der Waals surface area contributed by atoms with Crippen molar-refractivity contribution in [1.82, 2.24) is 9.29 Å². The molecular formula is C19H22N2O4S. The molecule has 26 heavy (non-hydrogen) atoms. The van der Waals surface area contributed by atoms with Gasteiger partial charge in [0, 0.05) is 24.0 Å². The zero-order valence-corrected chi connectivity index (χ0v) is 15.6. The highest BCUT2D eigenvalue weighted by atomic mass is 32.2. The largest absolute Gasteiger partial charge is 0.463 e. The summed E-state index contributed by atoms with van der Waals surface area (Å²) in [4.78, 5) is 15.4. The van der Waals surface area contributed by atoms with Gasteiger partial charge in [-0.25, -0.2) is 13.2 Å². The van der Waals surface area contributed by atoms with E-state index < -0.39 is 22.0 Å². The SMILES string of the molecule is CCOC(=O)C1=CCC(c2ccc[nH]2)N(S(=O)(=O)c2ccc(C)cc2)C1. The number of ether oxygens (including phenoxy) is 1. The second kappa shape index (κ2) is 7.47. The molecule has 138 valence electrons. The highest BCUT2D eigenvalue weighted by molar-refractivity contribution is 7.89. The van der Waals surface area contributed by atoms with Gasteiger partial charge in [0.1, 0.15) is 0 Å². The first-order valence-corrected chi connectivity index (χ1v) is 9.95. The molecule has 1 aliphatic rings. The van der Waals surface area contributed by atoms with Crippen LogP contribution in [0, 0.1) is 6.92 Å². The van der Waals surface area contributed by atoms with Gasteiger partial charge >= 0.3 is 5.97 Å². The lowest BCUT2D eigenvalue weighted by Gasteiger charge is -2.33. The lowest BCUT2D eigenvalue weighted by molar-refractivity contribution is -0.138. The molecule has 1 N–H and O–H groups in total. The zero-order chi connectivity index (χ0) is 18.7. The van der Waals surface area contributed by atoms with E-state index in [4.69, 9.17) is 4.74 Å². The number of aromatic amines is 1. The third-order valence-corrected chi connectivity index (χ3v) is 6.28. The maximum atomic E-state index is 13.3. The minimum Gasteiger partial charge on any atom is -0.463 e. The van der Waals surface area contributed by atoms with Gasteiger partial charge in [0.2, 0.25) is 10.0 Å². The highest BCUT2D eigenvalue weighted by Crippen LogP contribution is 2.34. The van der Waals surface area contributed by atoms with E-state index >= 15 is 0 Å². The summed E-state index contributed by atoms with van der Waals surface area (Å²) in [7, 11) is -3.77. The molecular weight excluding hydrogens is 352 g/mol. The smallest absolute Gasteiger partial charge is 0.335 e. The van der Waals surface area contributed by atoms with E-state index in [1.165, 1.54) is 4.31 Å². The van der Waals surface area contributed by atoms with Crippen molar-refractivity contribution in [3.8, 4) is 0 Å². The fourth-order valence-electron chi connectivity index (χ4n) is 3.02. The number of sulfonamides is 1. The number of hydrogen-bond donors (Lipinski definition) is 1. The Labute approximate surface area is 153 Å². The molecule has 3 rings (SSSR count). The van der Waals surface area contributed by atoms with E-state index in [2.05, 4.69) is 4.98 Å². The number of H-pyrrole nitrogens is 1. The van der Waals surface area contributed by atoms with Crippen LogP contribution < -0.4 is 0 Å². The van der Waals surface area contributed by atoms with Crippen molar-refractivity contribution in [2.24, 2.45) is 0 Å². The summed E-state index contributed by atoms with van der Waals surface area (Å²) in [5, 5.41) is 0. The maximum Gasteiger partial charge on any atom is 0.335 e. The third kappa shape index (κ3) is 3.59. The van der Waals surface area contributed by atoms with Gasteiger partial charge in [-0.15, -0.1) is 0 Å². The maximum absolute atomic E-state index is 13.3. The second-order valence-corrected chi connectivity index (χ2v) is 8.08. The molecule has 2 heterocycles. The molecule has 6 nitrogen and oxygen atoms in total.